The van der Waals surface area contributed by atoms with E-state index in [4.69, 9.17) is 0 Å². The average molecular weight is 261 g/mol. The van der Waals surface area contributed by atoms with Crippen LogP contribution in [-0.4, -0.2) is 28.5 Å². The number of aromatic nitrogens is 1. The molecule has 1 aromatic heterocycles. The zero-order chi connectivity index (χ0) is 12.2. The van der Waals surface area contributed by atoms with Crippen LogP contribution in [0.2, 0.25) is 0 Å². The van der Waals surface area contributed by atoms with Gasteiger partial charge < -0.3 is 5.32 Å². The van der Waals surface area contributed by atoms with Crippen molar-refractivity contribution in [3.63, 3.8) is 0 Å². The molecule has 2 unspecified atom stereocenters. The molecule has 3 rings (SSSR count). The summed E-state index contributed by atoms with van der Waals surface area (Å²) in [6, 6.07) is 4.80. The van der Waals surface area contributed by atoms with Gasteiger partial charge in [-0.2, -0.15) is 0 Å². The number of thioether (sulfide) groups is 1. The number of nitrogens with one attached hydrogen (secondary N) is 1. The zero-order valence-electron chi connectivity index (χ0n) is 10.5. The molecule has 0 radical (unpaired) electrons. The maximum absolute atomic E-state index is 4.68. The fraction of sp³-hybridized carbons (Fsp3) is 0.571. The lowest BCUT2D eigenvalue weighted by Gasteiger charge is -2.28. The van der Waals surface area contributed by atoms with Crippen LogP contribution in [0.1, 0.15) is 24.8 Å². The highest BCUT2D eigenvalue weighted by atomic mass is 32.2. The lowest BCUT2D eigenvalue weighted by molar-refractivity contribution is 0.490. The molecule has 2 heterocycles. The lowest BCUT2D eigenvalue weighted by Crippen LogP contribution is -2.41. The van der Waals surface area contributed by atoms with Crippen molar-refractivity contribution in [3.05, 3.63) is 30.1 Å². The van der Waals surface area contributed by atoms with Gasteiger partial charge in [0.2, 0.25) is 0 Å². The van der Waals surface area contributed by atoms with Gasteiger partial charge >= 0.3 is 0 Å². The Morgan fingerprint density at radius 1 is 1.44 bits per heavy atom. The second-order valence-electron chi connectivity index (χ2n) is 5.05. The van der Waals surface area contributed by atoms with Gasteiger partial charge in [-0.1, -0.05) is 24.2 Å². The van der Waals surface area contributed by atoms with E-state index >= 15 is 0 Å². The van der Waals surface area contributed by atoms with Crippen LogP contribution < -0.4 is 5.32 Å². The summed E-state index contributed by atoms with van der Waals surface area (Å²) in [6.45, 7) is 0.860. The topological polar surface area (TPSA) is 37.3 Å². The summed E-state index contributed by atoms with van der Waals surface area (Å²) >= 11 is 1.90. The van der Waals surface area contributed by atoms with Gasteiger partial charge in [-0.15, -0.1) is 0 Å². The minimum absolute atomic E-state index is 0.698. The highest BCUT2D eigenvalue weighted by molar-refractivity contribution is 8.13. The van der Waals surface area contributed by atoms with Crippen molar-refractivity contribution in [1.29, 1.82) is 0 Å². The number of rotatable bonds is 3. The van der Waals surface area contributed by atoms with Crippen molar-refractivity contribution in [2.24, 2.45) is 10.9 Å². The Labute approximate surface area is 112 Å². The van der Waals surface area contributed by atoms with Gasteiger partial charge in [-0.05, 0) is 36.8 Å². The molecule has 1 aliphatic carbocycles. The summed E-state index contributed by atoms with van der Waals surface area (Å²) < 4.78 is 0. The number of nitrogens with zero attached hydrogens (tertiary/aromatic N) is 2. The van der Waals surface area contributed by atoms with Crippen LogP contribution in [0.5, 0.6) is 0 Å². The Kier molecular flexibility index (Phi) is 3.84. The van der Waals surface area contributed by atoms with Crippen LogP contribution in [0.4, 0.5) is 0 Å². The fourth-order valence-corrected chi connectivity index (χ4v) is 3.92. The molecule has 2 fully saturated rings. The summed E-state index contributed by atoms with van der Waals surface area (Å²) in [4.78, 5) is 8.80. The quantitative estimate of drug-likeness (QED) is 0.908. The zero-order valence-corrected chi connectivity index (χ0v) is 11.3. The summed E-state index contributed by atoms with van der Waals surface area (Å²) in [5, 5.41) is 4.75. The molecule has 4 heteroatoms. The van der Waals surface area contributed by atoms with Crippen molar-refractivity contribution < 1.29 is 0 Å². The minimum atomic E-state index is 0.698. The molecule has 96 valence electrons. The Morgan fingerprint density at radius 3 is 3.33 bits per heavy atom. The predicted molar refractivity (Wildman–Crippen MR) is 77.0 cm³/mol. The maximum Gasteiger partial charge on any atom is 0.156 e. The molecule has 2 atom stereocenters. The average Bonchev–Trinajstić information content (AvgIpc) is 2.87. The van der Waals surface area contributed by atoms with E-state index in [1.54, 1.807) is 0 Å². The van der Waals surface area contributed by atoms with Crippen molar-refractivity contribution in [2.75, 3.05) is 12.3 Å². The van der Waals surface area contributed by atoms with Crippen LogP contribution in [0.25, 0.3) is 0 Å². The van der Waals surface area contributed by atoms with Crippen LogP contribution in [0.3, 0.4) is 0 Å². The molecule has 0 amide bonds. The molecular formula is C14H19N3S. The second-order valence-corrected chi connectivity index (χ2v) is 6.06. The van der Waals surface area contributed by atoms with Crippen molar-refractivity contribution in [1.82, 2.24) is 10.3 Å². The van der Waals surface area contributed by atoms with E-state index in [0.29, 0.717) is 6.04 Å². The number of aliphatic imine (C=N–C) groups is 1. The van der Waals surface area contributed by atoms with E-state index in [-0.39, 0.29) is 0 Å². The first-order valence-electron chi connectivity index (χ1n) is 6.74. The molecule has 18 heavy (non-hydrogen) atoms. The van der Waals surface area contributed by atoms with Crippen LogP contribution in [0, 0.1) is 5.92 Å². The van der Waals surface area contributed by atoms with Gasteiger partial charge in [-0.3, -0.25) is 9.98 Å². The molecular weight excluding hydrogens is 242 g/mol. The first-order valence-corrected chi connectivity index (χ1v) is 7.73. The van der Waals surface area contributed by atoms with E-state index < -0.39 is 0 Å². The van der Waals surface area contributed by atoms with Gasteiger partial charge in [0.1, 0.15) is 0 Å². The number of pyridine rings is 1. The Morgan fingerprint density at radius 2 is 2.44 bits per heavy atom. The SMILES string of the molecule is c1cncc(CCN=C2NC3CCCC3CS2)c1. The van der Waals surface area contributed by atoms with Crippen molar-refractivity contribution in [2.45, 2.75) is 31.7 Å². The van der Waals surface area contributed by atoms with E-state index in [1.165, 1.54) is 30.6 Å². The third-order valence-electron chi connectivity index (χ3n) is 3.78. The molecule has 1 N–H and O–H groups in total. The molecule has 0 bridgehead atoms. The van der Waals surface area contributed by atoms with Gasteiger partial charge in [0.25, 0.3) is 0 Å². The maximum atomic E-state index is 4.68. The largest absolute Gasteiger partial charge is 0.362 e. The molecule has 1 aromatic rings. The first-order chi connectivity index (χ1) is 8.92. The van der Waals surface area contributed by atoms with E-state index in [2.05, 4.69) is 21.4 Å². The number of amidine groups is 1. The monoisotopic (exact) mass is 261 g/mol. The standard InChI is InChI=1S/C14H19N3S/c1-4-12-10-18-14(17-13(12)5-1)16-8-6-11-3-2-7-15-9-11/h2-3,7,9,12-13H,1,4-6,8,10H2,(H,16,17). The number of fused-ring (bicyclic) bond motifs is 1. The minimum Gasteiger partial charge on any atom is -0.362 e. The van der Waals surface area contributed by atoms with Crippen molar-refractivity contribution >= 4 is 16.9 Å². The van der Waals surface area contributed by atoms with Crippen molar-refractivity contribution in [3.8, 4) is 0 Å². The number of hydrogen-bond donors (Lipinski definition) is 1. The summed E-state index contributed by atoms with van der Waals surface area (Å²) in [7, 11) is 0. The summed E-state index contributed by atoms with van der Waals surface area (Å²) in [5.74, 6) is 2.14. The Balaban J connectivity index is 1.51. The lowest BCUT2D eigenvalue weighted by atomic mass is 10.1. The van der Waals surface area contributed by atoms with E-state index in [9.17, 15) is 0 Å². The Bertz CT molecular complexity index is 418. The summed E-state index contributed by atoms with van der Waals surface area (Å²) in [6.07, 6.45) is 8.82. The normalized spacial score (nSPS) is 29.0. The van der Waals surface area contributed by atoms with Gasteiger partial charge in [0.15, 0.2) is 5.17 Å². The highest BCUT2D eigenvalue weighted by Crippen LogP contribution is 2.32. The van der Waals surface area contributed by atoms with Gasteiger partial charge in [0, 0.05) is 30.7 Å². The number of hydrogen-bond acceptors (Lipinski definition) is 3. The highest BCUT2D eigenvalue weighted by Gasteiger charge is 2.31. The molecule has 1 aliphatic heterocycles. The molecule has 3 nitrogen and oxygen atoms in total. The Hall–Kier alpha value is -1.03. The van der Waals surface area contributed by atoms with Crippen LogP contribution in [-0.2, 0) is 6.42 Å². The van der Waals surface area contributed by atoms with Crippen LogP contribution in [0.15, 0.2) is 29.5 Å². The molecule has 0 spiro atoms. The first kappa shape index (κ1) is 12.0. The summed E-state index contributed by atoms with van der Waals surface area (Å²) in [5.41, 5.74) is 1.27. The van der Waals surface area contributed by atoms with Gasteiger partial charge in [0.05, 0.1) is 0 Å². The van der Waals surface area contributed by atoms with E-state index in [0.717, 1.165) is 24.1 Å². The smallest absolute Gasteiger partial charge is 0.156 e. The fourth-order valence-electron chi connectivity index (χ4n) is 2.74. The van der Waals surface area contributed by atoms with Gasteiger partial charge in [-0.25, -0.2) is 0 Å². The second kappa shape index (κ2) is 5.74. The molecule has 0 aromatic carbocycles. The molecule has 1 saturated heterocycles. The third kappa shape index (κ3) is 2.86. The predicted octanol–water partition coefficient (Wildman–Crippen LogP) is 2.49. The molecule has 2 aliphatic rings. The third-order valence-corrected chi connectivity index (χ3v) is 4.90. The van der Waals surface area contributed by atoms with Crippen LogP contribution >= 0.6 is 11.8 Å². The molecule has 1 saturated carbocycles. The van der Waals surface area contributed by atoms with E-state index in [1.807, 2.05) is 30.2 Å².